The Hall–Kier alpha value is -1.59. The van der Waals surface area contributed by atoms with E-state index >= 15 is 0 Å². The number of hydrogen-bond acceptors (Lipinski definition) is 3. The fourth-order valence-electron chi connectivity index (χ4n) is 3.34. The maximum Gasteiger partial charge on any atom is 0.307 e. The largest absolute Gasteiger partial charge is 0.463 e. The number of fused-ring (bicyclic) bond motifs is 3. The van der Waals surface area contributed by atoms with Gasteiger partial charge in [-0.05, 0) is 44.7 Å². The summed E-state index contributed by atoms with van der Waals surface area (Å²) < 4.78 is 21.1. The number of carbonyl (C=O) groups is 1. The van der Waals surface area contributed by atoms with E-state index in [4.69, 9.17) is 4.74 Å². The fourth-order valence-corrected chi connectivity index (χ4v) is 3.34. The number of carbonyl (C=O) groups excluding carboxylic acids is 1. The summed E-state index contributed by atoms with van der Waals surface area (Å²) in [4.78, 5) is 14.1. The molecule has 0 atom stereocenters. The minimum atomic E-state index is -0.218. The third-order valence-electron chi connectivity index (χ3n) is 4.31. The minimum Gasteiger partial charge on any atom is -0.463 e. The van der Waals surface area contributed by atoms with Gasteiger partial charge in [-0.2, -0.15) is 0 Å². The number of benzene rings is 1. The van der Waals surface area contributed by atoms with E-state index in [0.29, 0.717) is 13.0 Å². The average molecular weight is 355 g/mol. The van der Waals surface area contributed by atoms with Crippen LogP contribution in [0.25, 0.3) is 10.9 Å². The number of hydrogen-bond donors (Lipinski definition) is 0. The van der Waals surface area contributed by atoms with Gasteiger partial charge in [0.1, 0.15) is 5.82 Å². The van der Waals surface area contributed by atoms with Crippen LogP contribution in [0.5, 0.6) is 0 Å². The summed E-state index contributed by atoms with van der Waals surface area (Å²) in [7, 11) is 2.07. The summed E-state index contributed by atoms with van der Waals surface area (Å²) in [6.45, 7) is 6.07. The van der Waals surface area contributed by atoms with E-state index in [1.165, 1.54) is 17.3 Å². The second kappa shape index (κ2) is 7.53. The molecule has 0 unspecified atom stereocenters. The normalized spacial score (nSPS) is 14.5. The van der Waals surface area contributed by atoms with Gasteiger partial charge in [-0.15, -0.1) is 12.4 Å². The molecule has 1 aromatic carbocycles. The molecule has 1 aliphatic rings. The molecule has 0 radical (unpaired) electrons. The highest BCUT2D eigenvalue weighted by molar-refractivity contribution is 5.86. The van der Waals surface area contributed by atoms with Crippen LogP contribution >= 0.6 is 12.4 Å². The van der Waals surface area contributed by atoms with Gasteiger partial charge in [0, 0.05) is 42.7 Å². The highest BCUT2D eigenvalue weighted by Crippen LogP contribution is 2.31. The molecule has 0 fully saturated rings. The molecular weight excluding hydrogens is 331 g/mol. The molecule has 6 heteroatoms. The third-order valence-corrected chi connectivity index (χ3v) is 4.31. The van der Waals surface area contributed by atoms with Crippen molar-refractivity contribution in [2.75, 3.05) is 13.6 Å². The fraction of sp³-hybridized carbons (Fsp3) is 0.500. The Labute approximate surface area is 148 Å². The van der Waals surface area contributed by atoms with E-state index in [1.807, 2.05) is 19.9 Å². The number of aryl methyl sites for hydroxylation is 1. The molecule has 2 aromatic rings. The van der Waals surface area contributed by atoms with Gasteiger partial charge in [-0.1, -0.05) is 0 Å². The van der Waals surface area contributed by atoms with E-state index in [1.54, 1.807) is 6.07 Å². The average Bonchev–Trinajstić information content (AvgIpc) is 2.77. The lowest BCUT2D eigenvalue weighted by molar-refractivity contribution is -0.147. The number of nitrogens with zero attached hydrogens (tertiary/aromatic N) is 2. The van der Waals surface area contributed by atoms with Crippen molar-refractivity contribution in [3.05, 3.63) is 35.3 Å². The van der Waals surface area contributed by atoms with Crippen molar-refractivity contribution in [1.29, 1.82) is 0 Å². The topological polar surface area (TPSA) is 34.5 Å². The SMILES string of the molecule is CC(C)OC(=O)CCn1c2c(c3cc(F)ccc31)CN(C)CC2.Cl. The number of likely N-dealkylation sites (N-methyl/N-ethyl adjacent to an activating group) is 1. The van der Waals surface area contributed by atoms with Crippen LogP contribution in [-0.2, 0) is 29.0 Å². The van der Waals surface area contributed by atoms with Crippen LogP contribution in [-0.4, -0.2) is 35.1 Å². The van der Waals surface area contributed by atoms with Crippen LogP contribution in [0.2, 0.25) is 0 Å². The van der Waals surface area contributed by atoms with Crippen molar-refractivity contribution in [2.24, 2.45) is 0 Å². The van der Waals surface area contributed by atoms with E-state index < -0.39 is 0 Å². The van der Waals surface area contributed by atoms with Crippen molar-refractivity contribution < 1.29 is 13.9 Å². The van der Waals surface area contributed by atoms with Crippen LogP contribution in [0, 0.1) is 5.82 Å². The maximum atomic E-state index is 13.7. The summed E-state index contributed by atoms with van der Waals surface area (Å²) in [5.41, 5.74) is 3.41. The lowest BCUT2D eigenvalue weighted by Gasteiger charge is -2.24. The second-order valence-corrected chi connectivity index (χ2v) is 6.51. The molecule has 0 spiro atoms. The predicted molar refractivity (Wildman–Crippen MR) is 95.0 cm³/mol. The van der Waals surface area contributed by atoms with Crippen LogP contribution < -0.4 is 0 Å². The quantitative estimate of drug-likeness (QED) is 0.788. The Morgan fingerprint density at radius 3 is 2.83 bits per heavy atom. The number of aromatic nitrogens is 1. The molecule has 1 aromatic heterocycles. The Morgan fingerprint density at radius 2 is 2.12 bits per heavy atom. The highest BCUT2D eigenvalue weighted by atomic mass is 35.5. The van der Waals surface area contributed by atoms with Crippen molar-refractivity contribution in [3.8, 4) is 0 Å². The summed E-state index contributed by atoms with van der Waals surface area (Å²) >= 11 is 0. The first kappa shape index (κ1) is 18.7. The molecule has 0 saturated carbocycles. The molecule has 0 saturated heterocycles. The maximum absolute atomic E-state index is 13.7. The van der Waals surface area contributed by atoms with Crippen LogP contribution in [0.15, 0.2) is 18.2 Å². The van der Waals surface area contributed by atoms with E-state index in [9.17, 15) is 9.18 Å². The Kier molecular flexibility index (Phi) is 5.88. The molecule has 0 bridgehead atoms. The van der Waals surface area contributed by atoms with Crippen molar-refractivity contribution in [3.63, 3.8) is 0 Å². The predicted octanol–water partition coefficient (Wildman–Crippen LogP) is 3.53. The third kappa shape index (κ3) is 3.73. The Bertz CT molecular complexity index is 742. The summed E-state index contributed by atoms with van der Waals surface area (Å²) in [5, 5.41) is 0.962. The molecular formula is C18H24ClFN2O2. The molecule has 0 N–H and O–H groups in total. The van der Waals surface area contributed by atoms with Gasteiger partial charge in [0.25, 0.3) is 0 Å². The zero-order chi connectivity index (χ0) is 16.6. The van der Waals surface area contributed by atoms with Gasteiger partial charge in [0.2, 0.25) is 0 Å². The first-order valence-corrected chi connectivity index (χ1v) is 8.13. The van der Waals surface area contributed by atoms with Crippen LogP contribution in [0.3, 0.4) is 0 Å². The van der Waals surface area contributed by atoms with Crippen LogP contribution in [0.4, 0.5) is 4.39 Å². The number of ether oxygens (including phenoxy) is 1. The van der Waals surface area contributed by atoms with E-state index in [-0.39, 0.29) is 30.3 Å². The van der Waals surface area contributed by atoms with Crippen LogP contribution in [0.1, 0.15) is 31.5 Å². The molecule has 1 aliphatic heterocycles. The van der Waals surface area contributed by atoms with E-state index in [0.717, 1.165) is 30.4 Å². The second-order valence-electron chi connectivity index (χ2n) is 6.51. The molecule has 3 rings (SSSR count). The molecule has 24 heavy (non-hydrogen) atoms. The molecule has 2 heterocycles. The summed E-state index contributed by atoms with van der Waals surface area (Å²) in [5.74, 6) is -0.407. The smallest absolute Gasteiger partial charge is 0.307 e. The first-order valence-electron chi connectivity index (χ1n) is 8.13. The van der Waals surface area contributed by atoms with Gasteiger partial charge in [-0.3, -0.25) is 4.79 Å². The monoisotopic (exact) mass is 354 g/mol. The van der Waals surface area contributed by atoms with Crippen molar-refractivity contribution >= 4 is 29.3 Å². The number of rotatable bonds is 4. The molecule has 132 valence electrons. The van der Waals surface area contributed by atoms with Crippen molar-refractivity contribution in [1.82, 2.24) is 9.47 Å². The number of esters is 1. The highest BCUT2D eigenvalue weighted by Gasteiger charge is 2.23. The van der Waals surface area contributed by atoms with Gasteiger partial charge in [0.15, 0.2) is 0 Å². The zero-order valence-electron chi connectivity index (χ0n) is 14.3. The molecule has 0 amide bonds. The van der Waals surface area contributed by atoms with Gasteiger partial charge < -0.3 is 14.2 Å². The van der Waals surface area contributed by atoms with E-state index in [2.05, 4.69) is 16.5 Å². The molecule has 4 nitrogen and oxygen atoms in total. The van der Waals surface area contributed by atoms with Gasteiger partial charge in [0.05, 0.1) is 12.5 Å². The summed E-state index contributed by atoms with van der Waals surface area (Å²) in [6.07, 6.45) is 1.16. The first-order chi connectivity index (χ1) is 11.0. The summed E-state index contributed by atoms with van der Waals surface area (Å²) in [6, 6.07) is 4.91. The lowest BCUT2D eigenvalue weighted by atomic mass is 10.0. The Morgan fingerprint density at radius 1 is 1.38 bits per heavy atom. The Balaban J connectivity index is 0.00000208. The van der Waals surface area contributed by atoms with Crippen molar-refractivity contribution in [2.45, 2.75) is 45.9 Å². The molecule has 0 aliphatic carbocycles. The minimum absolute atomic E-state index is 0. The lowest BCUT2D eigenvalue weighted by Crippen LogP contribution is -2.27. The van der Waals surface area contributed by atoms with Gasteiger partial charge in [-0.25, -0.2) is 4.39 Å². The van der Waals surface area contributed by atoms with Gasteiger partial charge >= 0.3 is 5.97 Å². The zero-order valence-corrected chi connectivity index (χ0v) is 15.2. The standard InChI is InChI=1S/C18H23FN2O2.ClH/c1-12(2)23-18(22)7-9-21-16-5-4-13(19)10-14(16)15-11-20(3)8-6-17(15)21;/h4-5,10,12H,6-9,11H2,1-3H3;1H. The number of halogens is 2.